The molecule has 0 aromatic heterocycles. The van der Waals surface area contributed by atoms with Crippen LogP contribution < -0.4 is 4.74 Å². The van der Waals surface area contributed by atoms with Gasteiger partial charge in [-0.15, -0.1) is 6.58 Å². The third-order valence-corrected chi connectivity index (χ3v) is 3.85. The highest BCUT2D eigenvalue weighted by Crippen LogP contribution is 2.15. The van der Waals surface area contributed by atoms with Crippen LogP contribution in [0.15, 0.2) is 36.9 Å². The van der Waals surface area contributed by atoms with Gasteiger partial charge in [0, 0.05) is 0 Å². The summed E-state index contributed by atoms with van der Waals surface area (Å²) in [6.07, 6.45) is 11.0. The molecule has 0 saturated carbocycles. The first-order valence-electron chi connectivity index (χ1n) is 9.35. The fourth-order valence-electron chi connectivity index (χ4n) is 2.47. The van der Waals surface area contributed by atoms with Crippen LogP contribution in [-0.2, 0) is 15.9 Å². The summed E-state index contributed by atoms with van der Waals surface area (Å²) in [7, 11) is 0. The van der Waals surface area contributed by atoms with E-state index in [9.17, 15) is 0 Å². The summed E-state index contributed by atoms with van der Waals surface area (Å²) in [6, 6.07) is 8.45. The molecule has 0 aliphatic heterocycles. The summed E-state index contributed by atoms with van der Waals surface area (Å²) in [6.45, 7) is 8.76. The SMILES string of the molecule is C=CCOCCOCCOc1ccc(CCCCCCCC)cc1. The summed E-state index contributed by atoms with van der Waals surface area (Å²) >= 11 is 0. The van der Waals surface area contributed by atoms with Crippen molar-refractivity contribution < 1.29 is 14.2 Å². The molecule has 0 spiro atoms. The van der Waals surface area contributed by atoms with Gasteiger partial charge < -0.3 is 14.2 Å². The molecule has 3 nitrogen and oxygen atoms in total. The molecule has 0 bridgehead atoms. The molecule has 24 heavy (non-hydrogen) atoms. The molecule has 3 heteroatoms. The second kappa shape index (κ2) is 15.2. The van der Waals surface area contributed by atoms with Gasteiger partial charge in [0.2, 0.25) is 0 Å². The van der Waals surface area contributed by atoms with E-state index in [4.69, 9.17) is 14.2 Å². The maximum Gasteiger partial charge on any atom is 0.119 e. The van der Waals surface area contributed by atoms with E-state index in [0.29, 0.717) is 33.0 Å². The Bertz CT molecular complexity index is 400. The lowest BCUT2D eigenvalue weighted by Gasteiger charge is -2.08. The molecule has 0 atom stereocenters. The molecule has 0 aliphatic carbocycles. The zero-order valence-electron chi connectivity index (χ0n) is 15.3. The fraction of sp³-hybridized carbons (Fsp3) is 0.619. The standard InChI is InChI=1S/C21H34O3/c1-3-5-6-7-8-9-10-20-11-13-21(14-12-20)24-19-18-23-17-16-22-15-4-2/h4,11-14H,2-3,5-10,15-19H2,1H3. The van der Waals surface area contributed by atoms with Crippen LogP contribution >= 0.6 is 0 Å². The molecule has 0 unspecified atom stereocenters. The third-order valence-electron chi connectivity index (χ3n) is 3.85. The lowest BCUT2D eigenvalue weighted by atomic mass is 10.0. The van der Waals surface area contributed by atoms with Gasteiger partial charge in [-0.25, -0.2) is 0 Å². The highest BCUT2D eigenvalue weighted by Gasteiger charge is 1.97. The van der Waals surface area contributed by atoms with Gasteiger partial charge in [-0.3, -0.25) is 0 Å². The zero-order valence-corrected chi connectivity index (χ0v) is 15.3. The van der Waals surface area contributed by atoms with Gasteiger partial charge in [0.05, 0.1) is 26.4 Å². The number of ether oxygens (including phenoxy) is 3. The Kier molecular flexibility index (Phi) is 13.1. The van der Waals surface area contributed by atoms with E-state index in [0.717, 1.165) is 5.75 Å². The number of unbranched alkanes of at least 4 members (excludes halogenated alkanes) is 5. The lowest BCUT2D eigenvalue weighted by Crippen LogP contribution is -2.10. The minimum atomic E-state index is 0.568. The Morgan fingerprint density at radius 2 is 1.50 bits per heavy atom. The second-order valence-electron chi connectivity index (χ2n) is 5.99. The molecule has 1 rings (SSSR count). The van der Waals surface area contributed by atoms with Crippen molar-refractivity contribution in [1.82, 2.24) is 0 Å². The molecule has 0 amide bonds. The summed E-state index contributed by atoms with van der Waals surface area (Å²) in [5, 5.41) is 0. The first-order chi connectivity index (χ1) is 11.9. The highest BCUT2D eigenvalue weighted by molar-refractivity contribution is 5.27. The minimum absolute atomic E-state index is 0.568. The first kappa shape index (κ1) is 20.7. The highest BCUT2D eigenvalue weighted by atomic mass is 16.5. The van der Waals surface area contributed by atoms with Crippen LogP contribution in [0.4, 0.5) is 0 Å². The van der Waals surface area contributed by atoms with Gasteiger partial charge in [0.1, 0.15) is 12.4 Å². The molecule has 136 valence electrons. The number of benzene rings is 1. The second-order valence-corrected chi connectivity index (χ2v) is 5.99. The van der Waals surface area contributed by atoms with Crippen LogP contribution in [0.5, 0.6) is 5.75 Å². The Morgan fingerprint density at radius 3 is 2.25 bits per heavy atom. The predicted octanol–water partition coefficient (Wildman–Crippen LogP) is 5.19. The lowest BCUT2D eigenvalue weighted by molar-refractivity contribution is 0.0449. The summed E-state index contributed by atoms with van der Waals surface area (Å²) in [4.78, 5) is 0. The van der Waals surface area contributed by atoms with E-state index in [2.05, 4.69) is 37.8 Å². The third kappa shape index (κ3) is 11.3. The van der Waals surface area contributed by atoms with Crippen LogP contribution in [0, 0.1) is 0 Å². The Balaban J connectivity index is 2.02. The molecular formula is C21H34O3. The Morgan fingerprint density at radius 1 is 0.833 bits per heavy atom. The maximum absolute atomic E-state index is 5.68. The van der Waals surface area contributed by atoms with Crippen LogP contribution in [0.1, 0.15) is 51.0 Å². The molecule has 0 fully saturated rings. The van der Waals surface area contributed by atoms with E-state index in [1.807, 2.05) is 0 Å². The van der Waals surface area contributed by atoms with Gasteiger partial charge in [-0.05, 0) is 30.5 Å². The molecular weight excluding hydrogens is 300 g/mol. The van der Waals surface area contributed by atoms with E-state index in [1.54, 1.807) is 6.08 Å². The van der Waals surface area contributed by atoms with Crippen molar-refractivity contribution >= 4 is 0 Å². The van der Waals surface area contributed by atoms with E-state index < -0.39 is 0 Å². The van der Waals surface area contributed by atoms with Crippen molar-refractivity contribution in [3.8, 4) is 5.75 Å². The monoisotopic (exact) mass is 334 g/mol. The van der Waals surface area contributed by atoms with Gasteiger partial charge >= 0.3 is 0 Å². The predicted molar refractivity (Wildman–Crippen MR) is 101 cm³/mol. The minimum Gasteiger partial charge on any atom is -0.491 e. The molecule has 1 aromatic rings. The van der Waals surface area contributed by atoms with Gasteiger partial charge in [0.15, 0.2) is 0 Å². The largest absolute Gasteiger partial charge is 0.491 e. The Hall–Kier alpha value is -1.32. The topological polar surface area (TPSA) is 27.7 Å². The quantitative estimate of drug-likeness (QED) is 0.308. The summed E-state index contributed by atoms with van der Waals surface area (Å²) < 4.78 is 16.3. The fourth-order valence-corrected chi connectivity index (χ4v) is 2.47. The van der Waals surface area contributed by atoms with Crippen LogP contribution in [-0.4, -0.2) is 33.0 Å². The van der Waals surface area contributed by atoms with E-state index >= 15 is 0 Å². The first-order valence-corrected chi connectivity index (χ1v) is 9.35. The summed E-state index contributed by atoms with van der Waals surface area (Å²) in [5.74, 6) is 0.910. The molecule has 0 N–H and O–H groups in total. The van der Waals surface area contributed by atoms with Crippen molar-refractivity contribution in [2.24, 2.45) is 0 Å². The van der Waals surface area contributed by atoms with Crippen molar-refractivity contribution in [1.29, 1.82) is 0 Å². The van der Waals surface area contributed by atoms with Crippen LogP contribution in [0.2, 0.25) is 0 Å². The number of rotatable bonds is 16. The van der Waals surface area contributed by atoms with Crippen LogP contribution in [0.25, 0.3) is 0 Å². The molecule has 0 radical (unpaired) electrons. The zero-order chi connectivity index (χ0) is 17.3. The summed E-state index contributed by atoms with van der Waals surface area (Å²) in [5.41, 5.74) is 1.40. The molecule has 0 heterocycles. The van der Waals surface area contributed by atoms with E-state index in [-0.39, 0.29) is 0 Å². The average Bonchev–Trinajstić information content (AvgIpc) is 2.61. The van der Waals surface area contributed by atoms with Gasteiger partial charge in [-0.1, -0.05) is 57.2 Å². The van der Waals surface area contributed by atoms with Crippen molar-refractivity contribution in [3.05, 3.63) is 42.5 Å². The number of hydrogen-bond acceptors (Lipinski definition) is 3. The molecule has 1 aromatic carbocycles. The van der Waals surface area contributed by atoms with Gasteiger partial charge in [0.25, 0.3) is 0 Å². The van der Waals surface area contributed by atoms with Crippen LogP contribution in [0.3, 0.4) is 0 Å². The molecule has 0 saturated heterocycles. The average molecular weight is 335 g/mol. The van der Waals surface area contributed by atoms with E-state index in [1.165, 1.54) is 50.5 Å². The molecule has 0 aliphatic rings. The van der Waals surface area contributed by atoms with Gasteiger partial charge in [-0.2, -0.15) is 0 Å². The normalized spacial score (nSPS) is 10.7. The van der Waals surface area contributed by atoms with Crippen molar-refractivity contribution in [2.45, 2.75) is 51.9 Å². The number of hydrogen-bond donors (Lipinski definition) is 0. The maximum atomic E-state index is 5.68. The number of aryl methyl sites for hydroxylation is 1. The smallest absolute Gasteiger partial charge is 0.119 e. The van der Waals surface area contributed by atoms with Crippen molar-refractivity contribution in [2.75, 3.05) is 33.0 Å². The van der Waals surface area contributed by atoms with Crippen molar-refractivity contribution in [3.63, 3.8) is 0 Å². The Labute approximate surface area is 148 Å².